The highest BCUT2D eigenvalue weighted by Crippen LogP contribution is 2.55. The molecule has 0 aromatic heterocycles. The maximum absolute atomic E-state index is 13.2. The van der Waals surface area contributed by atoms with Crippen LogP contribution < -0.4 is 4.72 Å². The van der Waals surface area contributed by atoms with Gasteiger partial charge in [-0.25, -0.2) is 13.2 Å². The van der Waals surface area contributed by atoms with Gasteiger partial charge in [-0.15, -0.1) is 4.72 Å². The molecule has 0 aliphatic heterocycles. The first-order valence-electron chi connectivity index (χ1n) is 6.16. The van der Waals surface area contributed by atoms with E-state index in [0.717, 1.165) is 0 Å². The van der Waals surface area contributed by atoms with Crippen molar-refractivity contribution in [3.8, 4) is 0 Å². The molecule has 0 amide bonds. The highest BCUT2D eigenvalue weighted by atomic mass is 32.2. The largest absolute Gasteiger partial charge is 0.483 e. The number of esters is 1. The van der Waals surface area contributed by atoms with Crippen molar-refractivity contribution < 1.29 is 75.0 Å². The van der Waals surface area contributed by atoms with Gasteiger partial charge in [-0.05, 0) is 6.92 Å². The van der Waals surface area contributed by atoms with Gasteiger partial charge in [0.15, 0.2) is 0 Å². The maximum atomic E-state index is 13.2. The smallest absolute Gasteiger partial charge is 0.392 e. The number of nitrogens with one attached hydrogen (secondary N) is 1. The number of carbonyl (C=O) groups is 1. The first-order chi connectivity index (χ1) is 12.3. The van der Waals surface area contributed by atoms with Crippen molar-refractivity contribution in [2.24, 2.45) is 0 Å². The van der Waals surface area contributed by atoms with E-state index in [9.17, 15) is 70.3 Å². The van der Waals surface area contributed by atoms with Crippen molar-refractivity contribution in [1.82, 2.24) is 4.72 Å². The first-order valence-corrected chi connectivity index (χ1v) is 7.65. The van der Waals surface area contributed by atoms with Gasteiger partial charge in [-0.1, -0.05) is 6.58 Å². The molecule has 0 bridgehead atoms. The van der Waals surface area contributed by atoms with E-state index in [0.29, 0.717) is 6.92 Å². The van der Waals surface area contributed by atoms with Crippen LogP contribution in [0.4, 0.5) is 57.1 Å². The van der Waals surface area contributed by atoms with E-state index in [4.69, 9.17) is 0 Å². The molecule has 0 radical (unpaired) electrons. The van der Waals surface area contributed by atoms with Crippen LogP contribution in [0.1, 0.15) is 6.92 Å². The van der Waals surface area contributed by atoms with Crippen LogP contribution >= 0.6 is 0 Å². The molecule has 1 N–H and O–H groups in total. The van der Waals surface area contributed by atoms with Crippen LogP contribution in [0.3, 0.4) is 0 Å². The molecule has 29 heavy (non-hydrogen) atoms. The highest BCUT2D eigenvalue weighted by Gasteiger charge is 2.86. The summed E-state index contributed by atoms with van der Waals surface area (Å²) >= 11 is 0. The molecule has 19 heteroatoms. The van der Waals surface area contributed by atoms with E-state index >= 15 is 0 Å². The number of alkyl halides is 13. The van der Waals surface area contributed by atoms with Gasteiger partial charge < -0.3 is 4.74 Å². The van der Waals surface area contributed by atoms with E-state index in [1.165, 1.54) is 0 Å². The third kappa shape index (κ3) is 4.53. The Bertz CT molecular complexity index is 771. The van der Waals surface area contributed by atoms with Crippen molar-refractivity contribution in [1.29, 1.82) is 0 Å². The Morgan fingerprint density at radius 1 is 0.828 bits per heavy atom. The number of halogens is 13. The second-order valence-corrected chi connectivity index (χ2v) is 6.75. The summed E-state index contributed by atoms with van der Waals surface area (Å²) < 4.78 is 189. The van der Waals surface area contributed by atoms with Gasteiger partial charge in [0.25, 0.3) is 10.0 Å². The van der Waals surface area contributed by atoms with Crippen LogP contribution in [0, 0.1) is 0 Å². The molecule has 0 atom stereocenters. The van der Waals surface area contributed by atoms with Crippen molar-refractivity contribution in [2.45, 2.75) is 42.4 Å². The van der Waals surface area contributed by atoms with Gasteiger partial charge in [0.2, 0.25) is 0 Å². The average Bonchev–Trinajstić information content (AvgIpc) is 2.43. The Morgan fingerprint density at radius 2 is 1.21 bits per heavy atom. The quantitative estimate of drug-likeness (QED) is 0.248. The fourth-order valence-corrected chi connectivity index (χ4v) is 2.14. The molecule has 0 fully saturated rings. The molecule has 0 heterocycles. The van der Waals surface area contributed by atoms with E-state index in [1.807, 2.05) is 0 Å². The highest BCUT2D eigenvalue weighted by molar-refractivity contribution is 7.90. The third-order valence-electron chi connectivity index (χ3n) is 2.65. The molecule has 0 unspecified atom stereocenters. The standard InChI is InChI=1S/C10H6F13NO4S/c1-3(2)4(25)28-9(20,21)8(18,19)24-29(26,27)10(22,23)6(13,14)5(11,12)7(15,16)17/h24H,1H2,2H3. The summed E-state index contributed by atoms with van der Waals surface area (Å²) in [6, 6.07) is -6.72. The van der Waals surface area contributed by atoms with Gasteiger partial charge in [0.05, 0.1) is 0 Å². The van der Waals surface area contributed by atoms with Gasteiger partial charge in [-0.2, -0.15) is 57.1 Å². The third-order valence-corrected chi connectivity index (χ3v) is 4.11. The Morgan fingerprint density at radius 3 is 1.52 bits per heavy atom. The summed E-state index contributed by atoms with van der Waals surface area (Å²) in [4.78, 5) is 10.8. The average molecular weight is 483 g/mol. The van der Waals surface area contributed by atoms with Crippen LogP contribution in [-0.2, 0) is 19.6 Å². The van der Waals surface area contributed by atoms with Crippen LogP contribution in [-0.4, -0.2) is 49.8 Å². The van der Waals surface area contributed by atoms with Crippen LogP contribution in [0.15, 0.2) is 12.2 Å². The molecule has 5 nitrogen and oxygen atoms in total. The minimum atomic E-state index is -8.11. The topological polar surface area (TPSA) is 72.5 Å². The lowest BCUT2D eigenvalue weighted by atomic mass is 10.1. The molecule has 0 saturated carbocycles. The van der Waals surface area contributed by atoms with Gasteiger partial charge in [0, 0.05) is 5.57 Å². The minimum Gasteiger partial charge on any atom is -0.392 e. The zero-order valence-corrected chi connectivity index (χ0v) is 14.0. The molecular weight excluding hydrogens is 477 g/mol. The Hall–Kier alpha value is -1.79. The second-order valence-electron chi connectivity index (χ2n) is 5.03. The monoisotopic (exact) mass is 483 g/mol. The number of hydrogen-bond acceptors (Lipinski definition) is 4. The summed E-state index contributed by atoms with van der Waals surface area (Å²) in [5.74, 6) is -18.2. The lowest BCUT2D eigenvalue weighted by molar-refractivity contribution is -0.382. The van der Waals surface area contributed by atoms with Crippen LogP contribution in [0.25, 0.3) is 0 Å². The fraction of sp³-hybridized carbons (Fsp3) is 0.700. The van der Waals surface area contributed by atoms with Crippen molar-refractivity contribution >= 4 is 16.0 Å². The van der Waals surface area contributed by atoms with Gasteiger partial charge >= 0.3 is 41.4 Å². The summed E-state index contributed by atoms with van der Waals surface area (Å²) in [6.07, 6.45) is -13.9. The number of rotatable bonds is 8. The molecular formula is C10H6F13NO4S. The molecule has 0 aromatic carbocycles. The number of carbonyl (C=O) groups excluding carboxylic acids is 1. The predicted molar refractivity (Wildman–Crippen MR) is 63.8 cm³/mol. The molecule has 0 aromatic rings. The number of sulfonamides is 1. The normalized spacial score (nSPS) is 15.2. The van der Waals surface area contributed by atoms with Gasteiger partial charge in [0.1, 0.15) is 0 Å². The van der Waals surface area contributed by atoms with Gasteiger partial charge in [-0.3, -0.25) is 0 Å². The van der Waals surface area contributed by atoms with Crippen molar-refractivity contribution in [2.75, 3.05) is 0 Å². The van der Waals surface area contributed by atoms with Crippen molar-refractivity contribution in [3.05, 3.63) is 12.2 Å². The summed E-state index contributed by atoms with van der Waals surface area (Å²) in [5.41, 5.74) is -1.04. The number of ether oxygens (including phenoxy) is 1. The van der Waals surface area contributed by atoms with Crippen LogP contribution in [0.5, 0.6) is 0 Å². The lowest BCUT2D eigenvalue weighted by Crippen LogP contribution is -2.67. The zero-order valence-electron chi connectivity index (χ0n) is 13.2. The Labute approximate surface area is 151 Å². The van der Waals surface area contributed by atoms with E-state index in [-0.39, 0.29) is 0 Å². The molecule has 0 spiro atoms. The first kappa shape index (κ1) is 27.2. The SMILES string of the molecule is C=C(C)C(=O)OC(F)(F)C(F)(F)NS(=O)(=O)C(F)(F)C(F)(F)C(F)(F)C(F)(F)F. The maximum Gasteiger partial charge on any atom is 0.483 e. The fourth-order valence-electron chi connectivity index (χ4n) is 1.09. The Kier molecular flexibility index (Phi) is 6.72. The zero-order chi connectivity index (χ0) is 24.1. The van der Waals surface area contributed by atoms with E-state index in [2.05, 4.69) is 11.3 Å². The molecule has 172 valence electrons. The van der Waals surface area contributed by atoms with E-state index in [1.54, 1.807) is 0 Å². The van der Waals surface area contributed by atoms with Crippen molar-refractivity contribution in [3.63, 3.8) is 0 Å². The predicted octanol–water partition coefficient (Wildman–Crippen LogP) is 3.64. The van der Waals surface area contributed by atoms with E-state index < -0.39 is 61.7 Å². The molecule has 0 rings (SSSR count). The summed E-state index contributed by atoms with van der Waals surface area (Å²) in [5, 5.41) is -7.73. The lowest BCUT2D eigenvalue weighted by Gasteiger charge is -2.34. The van der Waals surface area contributed by atoms with Crippen LogP contribution in [0.2, 0.25) is 0 Å². The Balaban J connectivity index is 6.19. The summed E-state index contributed by atoms with van der Waals surface area (Å²) in [7, 11) is -8.11. The molecule has 0 saturated heterocycles. The molecule has 0 aliphatic carbocycles. The number of hydrogen-bond donors (Lipinski definition) is 1. The molecule has 0 aliphatic rings. The second kappa shape index (κ2) is 7.17. The summed E-state index contributed by atoms with van der Waals surface area (Å²) in [6.45, 7) is 3.19. The minimum absolute atomic E-state index is 0.578.